The number of nitrogens with zero attached hydrogens (tertiary/aromatic N) is 2. The molecule has 0 unspecified atom stereocenters. The Balaban J connectivity index is 1.35. The molecule has 2 aliphatic heterocycles. The van der Waals surface area contributed by atoms with Crippen molar-refractivity contribution in [2.45, 2.75) is 50.1 Å². The van der Waals surface area contributed by atoms with E-state index in [1.165, 1.54) is 5.56 Å². The van der Waals surface area contributed by atoms with Crippen LogP contribution in [0, 0.1) is 0 Å². The van der Waals surface area contributed by atoms with Crippen molar-refractivity contribution in [1.29, 1.82) is 0 Å². The van der Waals surface area contributed by atoms with Gasteiger partial charge in [-0.1, -0.05) is 24.3 Å². The van der Waals surface area contributed by atoms with Crippen LogP contribution >= 0.6 is 0 Å². The molecular formula is C26H33N3O4. The number of primary amides is 1. The van der Waals surface area contributed by atoms with Gasteiger partial charge in [-0.15, -0.1) is 0 Å². The van der Waals surface area contributed by atoms with E-state index >= 15 is 0 Å². The van der Waals surface area contributed by atoms with E-state index in [4.69, 9.17) is 5.73 Å². The molecule has 0 spiro atoms. The van der Waals surface area contributed by atoms with Crippen molar-refractivity contribution >= 4 is 11.8 Å². The van der Waals surface area contributed by atoms with Gasteiger partial charge in [0.25, 0.3) is 0 Å². The molecule has 2 heterocycles. The van der Waals surface area contributed by atoms with Crippen LogP contribution in [0.3, 0.4) is 0 Å². The number of nitrogens with two attached hydrogens (primary N) is 1. The number of amides is 2. The van der Waals surface area contributed by atoms with Crippen LogP contribution in [-0.2, 0) is 11.2 Å². The van der Waals surface area contributed by atoms with Crippen molar-refractivity contribution in [3.05, 3.63) is 65.2 Å². The van der Waals surface area contributed by atoms with Gasteiger partial charge in [0.1, 0.15) is 12.4 Å². The second-order valence-corrected chi connectivity index (χ2v) is 9.24. The molecule has 2 amide bonds. The lowest BCUT2D eigenvalue weighted by atomic mass is 9.84. The fourth-order valence-corrected chi connectivity index (χ4v) is 5.48. The van der Waals surface area contributed by atoms with E-state index in [1.54, 1.807) is 23.1 Å². The number of carbonyl (C=O) groups is 2. The summed E-state index contributed by atoms with van der Waals surface area (Å²) in [5, 5.41) is 18.9. The van der Waals surface area contributed by atoms with Crippen LogP contribution < -0.4 is 5.73 Å². The van der Waals surface area contributed by atoms with Crippen LogP contribution in [0.4, 0.5) is 0 Å². The van der Waals surface area contributed by atoms with Crippen LogP contribution in [0.25, 0.3) is 0 Å². The van der Waals surface area contributed by atoms with Crippen molar-refractivity contribution in [3.8, 4) is 5.75 Å². The molecular weight excluding hydrogens is 418 g/mol. The number of aromatic hydroxyl groups is 1. The number of phenols is 1. The first-order valence-electron chi connectivity index (χ1n) is 11.8. The van der Waals surface area contributed by atoms with Gasteiger partial charge in [-0.25, -0.2) is 0 Å². The molecule has 2 fully saturated rings. The van der Waals surface area contributed by atoms with E-state index in [1.807, 2.05) is 24.3 Å². The van der Waals surface area contributed by atoms with Crippen LogP contribution in [0.2, 0.25) is 0 Å². The number of aliphatic hydroxyl groups is 1. The zero-order valence-corrected chi connectivity index (χ0v) is 18.9. The molecule has 7 heteroatoms. The third-order valence-electron chi connectivity index (χ3n) is 7.25. The van der Waals surface area contributed by atoms with Crippen molar-refractivity contribution in [2.24, 2.45) is 5.73 Å². The summed E-state index contributed by atoms with van der Waals surface area (Å²) in [6.45, 7) is 1.44. The van der Waals surface area contributed by atoms with E-state index in [2.05, 4.69) is 11.0 Å². The van der Waals surface area contributed by atoms with Gasteiger partial charge in [-0.05, 0) is 73.4 Å². The smallest absolute Gasteiger partial charge is 0.248 e. The molecule has 176 valence electrons. The Hall–Kier alpha value is -2.90. The SMILES string of the molecule is NC(=O)c1cccc([C@H]2C[C@H]3CC[C@@H](C2)N3CCN(CCc2ccc(O)cc2)C(=O)CO)c1. The largest absolute Gasteiger partial charge is 0.508 e. The molecule has 0 aliphatic carbocycles. The first-order chi connectivity index (χ1) is 15.9. The van der Waals surface area contributed by atoms with Gasteiger partial charge in [0, 0.05) is 37.3 Å². The molecule has 3 atom stereocenters. The van der Waals surface area contributed by atoms with E-state index < -0.39 is 12.5 Å². The third kappa shape index (κ3) is 5.54. The third-order valence-corrected chi connectivity index (χ3v) is 7.25. The highest BCUT2D eigenvalue weighted by Crippen LogP contribution is 2.43. The minimum Gasteiger partial charge on any atom is -0.508 e. The Bertz CT molecular complexity index is 964. The monoisotopic (exact) mass is 451 g/mol. The lowest BCUT2D eigenvalue weighted by molar-refractivity contribution is -0.134. The molecule has 2 bridgehead atoms. The summed E-state index contributed by atoms with van der Waals surface area (Å²) in [6, 6.07) is 15.7. The average Bonchev–Trinajstić information content (AvgIpc) is 3.06. The number of fused-ring (bicyclic) bond motifs is 2. The molecule has 0 aromatic heterocycles. The number of aliphatic hydroxyl groups excluding tert-OH is 1. The quantitative estimate of drug-likeness (QED) is 0.542. The maximum absolute atomic E-state index is 12.3. The van der Waals surface area contributed by atoms with Crippen LogP contribution in [-0.4, -0.2) is 70.2 Å². The van der Waals surface area contributed by atoms with Crippen molar-refractivity contribution in [1.82, 2.24) is 9.80 Å². The van der Waals surface area contributed by atoms with E-state index in [-0.39, 0.29) is 11.7 Å². The number of benzene rings is 2. The number of carbonyl (C=O) groups excluding carboxylic acids is 2. The number of phenolic OH excluding ortho intramolecular Hbond substituents is 1. The van der Waals surface area contributed by atoms with Gasteiger partial charge in [-0.3, -0.25) is 14.5 Å². The Kier molecular flexibility index (Phi) is 7.30. The number of piperidine rings is 1. The minimum atomic E-state index is -0.485. The molecule has 2 saturated heterocycles. The Morgan fingerprint density at radius 1 is 1.03 bits per heavy atom. The summed E-state index contributed by atoms with van der Waals surface area (Å²) in [5.41, 5.74) is 8.26. The second-order valence-electron chi connectivity index (χ2n) is 9.24. The molecule has 7 nitrogen and oxygen atoms in total. The molecule has 4 rings (SSSR count). The van der Waals surface area contributed by atoms with E-state index in [9.17, 15) is 19.8 Å². The first-order valence-corrected chi connectivity index (χ1v) is 11.8. The van der Waals surface area contributed by atoms with Gasteiger partial charge >= 0.3 is 0 Å². The Morgan fingerprint density at radius 3 is 2.36 bits per heavy atom. The topological polar surface area (TPSA) is 107 Å². The zero-order chi connectivity index (χ0) is 23.4. The van der Waals surface area contributed by atoms with Crippen molar-refractivity contribution in [3.63, 3.8) is 0 Å². The fourth-order valence-electron chi connectivity index (χ4n) is 5.48. The minimum absolute atomic E-state index is 0.224. The van der Waals surface area contributed by atoms with Crippen LogP contribution in [0.15, 0.2) is 48.5 Å². The summed E-state index contributed by atoms with van der Waals surface area (Å²) in [4.78, 5) is 28.2. The standard InChI is InChI=1S/C26H33N3O4/c27-26(33)20-3-1-2-19(14-20)21-15-22-6-7-23(16-21)29(22)13-12-28(25(32)17-30)11-10-18-4-8-24(31)9-5-18/h1-5,8-9,14,21-23,30-31H,6-7,10-13,15-17H2,(H2,27,33)/t21-,22+,23-. The molecule has 2 aromatic carbocycles. The number of rotatable bonds is 9. The maximum Gasteiger partial charge on any atom is 0.248 e. The van der Waals surface area contributed by atoms with Crippen LogP contribution in [0.1, 0.15) is 53.1 Å². The highest BCUT2D eigenvalue weighted by atomic mass is 16.3. The molecule has 2 aromatic rings. The van der Waals surface area contributed by atoms with E-state index in [0.29, 0.717) is 43.1 Å². The predicted molar refractivity (Wildman–Crippen MR) is 126 cm³/mol. The van der Waals surface area contributed by atoms with Gasteiger partial charge in [0.15, 0.2) is 0 Å². The summed E-state index contributed by atoms with van der Waals surface area (Å²) in [5.74, 6) is 0.00229. The molecule has 0 radical (unpaired) electrons. The fraction of sp³-hybridized carbons (Fsp3) is 0.462. The van der Waals surface area contributed by atoms with E-state index in [0.717, 1.165) is 37.8 Å². The normalized spacial score (nSPS) is 22.3. The summed E-state index contributed by atoms with van der Waals surface area (Å²) in [6.07, 6.45) is 5.06. The highest BCUT2D eigenvalue weighted by molar-refractivity contribution is 5.92. The predicted octanol–water partition coefficient (Wildman–Crippen LogP) is 2.27. The van der Waals surface area contributed by atoms with Gasteiger partial charge in [-0.2, -0.15) is 0 Å². The van der Waals surface area contributed by atoms with Gasteiger partial charge in [0.05, 0.1) is 0 Å². The van der Waals surface area contributed by atoms with Gasteiger partial charge in [0.2, 0.25) is 11.8 Å². The summed E-state index contributed by atoms with van der Waals surface area (Å²) >= 11 is 0. The zero-order valence-electron chi connectivity index (χ0n) is 18.9. The summed E-state index contributed by atoms with van der Waals surface area (Å²) < 4.78 is 0. The molecule has 4 N–H and O–H groups in total. The van der Waals surface area contributed by atoms with Crippen molar-refractivity contribution in [2.75, 3.05) is 26.2 Å². The molecule has 0 saturated carbocycles. The maximum atomic E-state index is 12.3. The van der Waals surface area contributed by atoms with Gasteiger partial charge < -0.3 is 20.8 Å². The average molecular weight is 452 g/mol. The van der Waals surface area contributed by atoms with Crippen molar-refractivity contribution < 1.29 is 19.8 Å². The van der Waals surface area contributed by atoms with Crippen LogP contribution in [0.5, 0.6) is 5.75 Å². The highest BCUT2D eigenvalue weighted by Gasteiger charge is 2.41. The molecule has 2 aliphatic rings. The first kappa shape index (κ1) is 23.3. The molecule has 33 heavy (non-hydrogen) atoms. The number of hydrogen-bond acceptors (Lipinski definition) is 5. The Labute approximate surface area is 194 Å². The second kappa shape index (κ2) is 10.4. The Morgan fingerprint density at radius 2 is 1.73 bits per heavy atom. The number of hydrogen-bond donors (Lipinski definition) is 3. The lowest BCUT2D eigenvalue weighted by Crippen LogP contribution is -2.47. The summed E-state index contributed by atoms with van der Waals surface area (Å²) in [7, 11) is 0. The lowest BCUT2D eigenvalue weighted by Gasteiger charge is -2.40.